The van der Waals surface area contributed by atoms with E-state index in [2.05, 4.69) is 16.8 Å². The molecule has 0 fully saturated rings. The Morgan fingerprint density at radius 2 is 2.06 bits per heavy atom. The zero-order valence-electron chi connectivity index (χ0n) is 9.13. The number of nitro groups is 1. The van der Waals surface area contributed by atoms with Gasteiger partial charge in [-0.15, -0.1) is 0 Å². The van der Waals surface area contributed by atoms with Crippen molar-refractivity contribution in [2.45, 2.75) is 0 Å². The van der Waals surface area contributed by atoms with Gasteiger partial charge in [-0.05, 0) is 46.7 Å². The highest BCUT2D eigenvalue weighted by molar-refractivity contribution is 14.1. The second-order valence-corrected chi connectivity index (χ2v) is 4.67. The van der Waals surface area contributed by atoms with Crippen molar-refractivity contribution in [2.24, 2.45) is 0 Å². The van der Waals surface area contributed by atoms with Gasteiger partial charge in [0.2, 0.25) is 0 Å². The van der Waals surface area contributed by atoms with E-state index in [-0.39, 0.29) is 5.69 Å². The van der Waals surface area contributed by atoms with Crippen molar-refractivity contribution in [3.63, 3.8) is 0 Å². The lowest BCUT2D eigenvalue weighted by atomic mass is 10.2. The van der Waals surface area contributed by atoms with E-state index in [1.165, 1.54) is 12.1 Å². The number of hydrogen-bond donors (Lipinski definition) is 0. The molecule has 1 aromatic heterocycles. The summed E-state index contributed by atoms with van der Waals surface area (Å²) in [5.41, 5.74) is 1.30. The molecule has 0 radical (unpaired) electrons. The number of aromatic nitrogens is 1. The second kappa shape index (κ2) is 5.60. The molecular formula is C13H7IN2O2. The summed E-state index contributed by atoms with van der Waals surface area (Å²) in [6, 6.07) is 10.2. The molecule has 0 spiro atoms. The predicted octanol–water partition coefficient (Wildman–Crippen LogP) is 2.99. The Bertz CT molecular complexity index is 645. The van der Waals surface area contributed by atoms with Crippen LogP contribution in [0.2, 0.25) is 0 Å². The molecule has 0 aliphatic rings. The van der Waals surface area contributed by atoms with Crippen molar-refractivity contribution in [1.29, 1.82) is 0 Å². The fraction of sp³-hybridized carbons (Fsp3) is 0. The Morgan fingerprint density at radius 3 is 2.72 bits per heavy atom. The van der Waals surface area contributed by atoms with Crippen molar-refractivity contribution in [2.75, 3.05) is 0 Å². The Hall–Kier alpha value is -1.94. The molecule has 4 nitrogen and oxygen atoms in total. The lowest BCUT2D eigenvalue weighted by Crippen LogP contribution is -1.90. The van der Waals surface area contributed by atoms with E-state index in [4.69, 9.17) is 0 Å². The lowest BCUT2D eigenvalue weighted by molar-refractivity contribution is -0.385. The molecule has 0 aliphatic carbocycles. The highest BCUT2D eigenvalue weighted by Crippen LogP contribution is 2.18. The molecule has 0 unspecified atom stereocenters. The second-order valence-electron chi connectivity index (χ2n) is 3.42. The number of halogens is 1. The van der Waals surface area contributed by atoms with E-state index < -0.39 is 4.92 Å². The first kappa shape index (κ1) is 12.5. The minimum atomic E-state index is -0.423. The quantitative estimate of drug-likeness (QED) is 0.344. The Kier molecular flexibility index (Phi) is 3.89. The third-order valence-corrected chi connectivity index (χ3v) is 2.72. The molecule has 18 heavy (non-hydrogen) atoms. The highest BCUT2D eigenvalue weighted by atomic mass is 127. The molecule has 0 atom stereocenters. The summed E-state index contributed by atoms with van der Waals surface area (Å²) in [7, 11) is 0. The van der Waals surface area contributed by atoms with Gasteiger partial charge in [0.05, 0.1) is 4.92 Å². The summed E-state index contributed by atoms with van der Waals surface area (Å²) in [4.78, 5) is 14.4. The first-order valence-corrected chi connectivity index (χ1v) is 6.11. The van der Waals surface area contributed by atoms with Crippen LogP contribution in [0.25, 0.3) is 0 Å². The number of benzene rings is 1. The van der Waals surface area contributed by atoms with E-state index in [0.717, 1.165) is 3.57 Å². The van der Waals surface area contributed by atoms with Crippen LogP contribution in [0.4, 0.5) is 5.69 Å². The summed E-state index contributed by atoms with van der Waals surface area (Å²) in [6.45, 7) is 0. The van der Waals surface area contributed by atoms with Crippen LogP contribution < -0.4 is 0 Å². The van der Waals surface area contributed by atoms with Crippen LogP contribution in [0.1, 0.15) is 11.3 Å². The monoisotopic (exact) mass is 350 g/mol. The van der Waals surface area contributed by atoms with Crippen molar-refractivity contribution in [3.05, 3.63) is 67.5 Å². The van der Waals surface area contributed by atoms with Crippen LogP contribution in [0, 0.1) is 25.5 Å². The first-order valence-electron chi connectivity index (χ1n) is 5.03. The van der Waals surface area contributed by atoms with E-state index >= 15 is 0 Å². The van der Waals surface area contributed by atoms with Gasteiger partial charge in [0, 0.05) is 27.5 Å². The molecule has 2 aromatic rings. The van der Waals surface area contributed by atoms with Gasteiger partial charge in [0.25, 0.3) is 5.69 Å². The molecule has 5 heteroatoms. The van der Waals surface area contributed by atoms with Crippen LogP contribution in [0.5, 0.6) is 0 Å². The molecule has 0 saturated heterocycles. The largest absolute Gasteiger partial charge is 0.271 e. The molecule has 2 rings (SSSR count). The highest BCUT2D eigenvalue weighted by Gasteiger charge is 2.07. The van der Waals surface area contributed by atoms with Crippen LogP contribution in [0.3, 0.4) is 0 Å². The van der Waals surface area contributed by atoms with Crippen LogP contribution in [-0.4, -0.2) is 9.91 Å². The number of non-ortho nitro benzene ring substituents is 1. The van der Waals surface area contributed by atoms with Crippen molar-refractivity contribution in [3.8, 4) is 11.8 Å². The van der Waals surface area contributed by atoms with E-state index in [9.17, 15) is 10.1 Å². The maximum absolute atomic E-state index is 10.7. The standard InChI is InChI=1S/C13H7IN2O2/c14-11-7-10(8-13(9-11)16(17)18)4-5-12-3-1-2-6-15-12/h1-3,6-9H. The average Bonchev–Trinajstić information content (AvgIpc) is 2.37. The normalized spacial score (nSPS) is 9.39. The van der Waals surface area contributed by atoms with Gasteiger partial charge >= 0.3 is 0 Å². The van der Waals surface area contributed by atoms with Gasteiger partial charge < -0.3 is 0 Å². The SMILES string of the molecule is O=[N+]([O-])c1cc(I)cc(C#Cc2ccccn2)c1. The van der Waals surface area contributed by atoms with Gasteiger partial charge in [0.1, 0.15) is 5.69 Å². The van der Waals surface area contributed by atoms with E-state index in [1.54, 1.807) is 18.3 Å². The topological polar surface area (TPSA) is 56.0 Å². The number of rotatable bonds is 1. The minimum absolute atomic E-state index is 0.0484. The summed E-state index contributed by atoms with van der Waals surface area (Å²) >= 11 is 2.03. The molecule has 1 heterocycles. The minimum Gasteiger partial charge on any atom is -0.258 e. The maximum atomic E-state index is 10.7. The lowest BCUT2D eigenvalue weighted by Gasteiger charge is -1.95. The smallest absolute Gasteiger partial charge is 0.258 e. The van der Waals surface area contributed by atoms with E-state index in [0.29, 0.717) is 11.3 Å². The van der Waals surface area contributed by atoms with Crippen molar-refractivity contribution < 1.29 is 4.92 Å². The first-order chi connectivity index (χ1) is 8.65. The molecular weight excluding hydrogens is 343 g/mol. The Morgan fingerprint density at radius 1 is 1.22 bits per heavy atom. The number of hydrogen-bond acceptors (Lipinski definition) is 3. The molecule has 0 aliphatic heterocycles. The average molecular weight is 350 g/mol. The molecule has 1 aromatic carbocycles. The Balaban J connectivity index is 2.36. The molecule has 88 valence electrons. The van der Waals surface area contributed by atoms with Gasteiger partial charge in [-0.3, -0.25) is 10.1 Å². The fourth-order valence-corrected chi connectivity index (χ4v) is 1.98. The van der Waals surface area contributed by atoms with Crippen LogP contribution >= 0.6 is 22.6 Å². The molecule has 0 amide bonds. The fourth-order valence-electron chi connectivity index (χ4n) is 1.32. The van der Waals surface area contributed by atoms with Gasteiger partial charge in [-0.2, -0.15) is 0 Å². The molecule has 0 bridgehead atoms. The van der Waals surface area contributed by atoms with Gasteiger partial charge in [-0.1, -0.05) is 12.0 Å². The van der Waals surface area contributed by atoms with Crippen molar-refractivity contribution >= 4 is 28.3 Å². The van der Waals surface area contributed by atoms with E-state index in [1.807, 2.05) is 34.7 Å². The summed E-state index contributed by atoms with van der Waals surface area (Å²) in [5, 5.41) is 10.7. The molecule has 0 N–H and O–H groups in total. The summed E-state index contributed by atoms with van der Waals surface area (Å²) < 4.78 is 0.784. The van der Waals surface area contributed by atoms with Crippen molar-refractivity contribution in [1.82, 2.24) is 4.98 Å². The zero-order chi connectivity index (χ0) is 13.0. The third kappa shape index (κ3) is 3.28. The van der Waals surface area contributed by atoms with Gasteiger partial charge in [0.15, 0.2) is 0 Å². The third-order valence-electron chi connectivity index (χ3n) is 2.09. The summed E-state index contributed by atoms with van der Waals surface area (Å²) in [6.07, 6.45) is 1.65. The number of nitro benzene ring substituents is 1. The number of nitrogens with zero attached hydrogens (tertiary/aromatic N) is 2. The molecule has 0 saturated carbocycles. The zero-order valence-corrected chi connectivity index (χ0v) is 11.3. The van der Waals surface area contributed by atoms with Crippen LogP contribution in [0.15, 0.2) is 42.6 Å². The Labute approximate surface area is 117 Å². The predicted molar refractivity (Wildman–Crippen MR) is 76.0 cm³/mol. The summed E-state index contributed by atoms with van der Waals surface area (Å²) in [5.74, 6) is 5.74. The maximum Gasteiger partial charge on any atom is 0.271 e. The number of pyridine rings is 1. The van der Waals surface area contributed by atoms with Gasteiger partial charge in [-0.25, -0.2) is 4.98 Å². The van der Waals surface area contributed by atoms with Crippen LogP contribution in [-0.2, 0) is 0 Å².